The summed E-state index contributed by atoms with van der Waals surface area (Å²) in [6.07, 6.45) is 5.20. The molecule has 1 aliphatic carbocycles. The van der Waals surface area contributed by atoms with Gasteiger partial charge in [0.1, 0.15) is 12.4 Å². The molecule has 3 aromatic rings. The minimum absolute atomic E-state index is 0.00807. The molecule has 1 fully saturated rings. The number of nitrogens with two attached hydrogens (primary N) is 1. The third-order valence-electron chi connectivity index (χ3n) is 9.98. The lowest BCUT2D eigenvalue weighted by atomic mass is 9.79. The number of aliphatic hydroxyl groups is 2. The number of hydrogen-bond acceptors (Lipinski definition) is 12. The number of nitrogens with zero attached hydrogens (tertiary/aromatic N) is 1. The number of nitrogens with one attached hydrogen (secondary N) is 1. The molecule has 276 valence electrons. The number of aliphatic hydroxyl groups excluding tert-OH is 2. The maximum atomic E-state index is 12.4. The average molecular weight is 708 g/mol. The number of carboxylic acids is 1. The predicted molar refractivity (Wildman–Crippen MR) is 189 cm³/mol. The van der Waals surface area contributed by atoms with Crippen LogP contribution in [-0.4, -0.2) is 88.7 Å². The molecule has 0 radical (unpaired) electrons. The number of methoxy groups -OCH3 is 2. The smallest absolute Gasteiger partial charge is 0.310 e. The molecule has 51 heavy (non-hydrogen) atoms. The highest BCUT2D eigenvalue weighted by molar-refractivity contribution is 5.74. The van der Waals surface area contributed by atoms with Crippen LogP contribution in [0.3, 0.4) is 0 Å². The van der Waals surface area contributed by atoms with Gasteiger partial charge < -0.3 is 55.5 Å². The number of carbonyl (C=O) groups is 1. The highest BCUT2D eigenvalue weighted by atomic mass is 16.5. The van der Waals surface area contributed by atoms with Crippen LogP contribution in [0.2, 0.25) is 0 Å². The lowest BCUT2D eigenvalue weighted by Crippen LogP contribution is -2.46. The van der Waals surface area contributed by atoms with E-state index in [2.05, 4.69) is 10.3 Å². The lowest BCUT2D eigenvalue weighted by Gasteiger charge is -2.40. The topological polar surface area (TPSA) is 206 Å². The monoisotopic (exact) mass is 707 g/mol. The first kappa shape index (κ1) is 37.7. The number of rotatable bonds is 16. The van der Waals surface area contributed by atoms with E-state index in [-0.39, 0.29) is 54.7 Å². The Kier molecular flexibility index (Phi) is 12.6. The van der Waals surface area contributed by atoms with Gasteiger partial charge in [0.2, 0.25) is 5.75 Å². The molecule has 2 heterocycles. The molecule has 0 bridgehead atoms. The number of likely N-dealkylation sites (N-methyl/N-ethyl adjacent to an activating group) is 1. The third kappa shape index (κ3) is 8.67. The first-order valence-corrected chi connectivity index (χ1v) is 17.3. The van der Waals surface area contributed by atoms with Crippen LogP contribution >= 0.6 is 0 Å². The fourth-order valence-electron chi connectivity index (χ4n) is 7.47. The number of aromatic nitrogens is 1. The van der Waals surface area contributed by atoms with E-state index in [1.165, 1.54) is 14.2 Å². The van der Waals surface area contributed by atoms with Crippen molar-refractivity contribution < 1.29 is 49.3 Å². The third-order valence-corrected chi connectivity index (χ3v) is 9.98. The van der Waals surface area contributed by atoms with Gasteiger partial charge in [0, 0.05) is 36.6 Å². The highest BCUT2D eigenvalue weighted by Crippen LogP contribution is 2.46. The van der Waals surface area contributed by atoms with Crippen LogP contribution < -0.4 is 25.3 Å². The van der Waals surface area contributed by atoms with E-state index < -0.39 is 42.0 Å². The van der Waals surface area contributed by atoms with Crippen molar-refractivity contribution in [1.29, 1.82) is 0 Å². The summed E-state index contributed by atoms with van der Waals surface area (Å²) in [5, 5.41) is 56.0. The molecule has 1 saturated heterocycles. The normalized spacial score (nSPS) is 25.0. The second-order valence-electron chi connectivity index (χ2n) is 13.1. The molecule has 2 aromatic carbocycles. The number of aromatic hydroxyl groups is 2. The maximum absolute atomic E-state index is 12.4. The number of carboxylic acid groups (broad SMARTS) is 1. The van der Waals surface area contributed by atoms with Crippen molar-refractivity contribution in [3.05, 3.63) is 77.5 Å². The molecule has 5 rings (SSSR count). The number of phenolic OH excluding ortho intramolecular Hbond substituents is 2. The van der Waals surface area contributed by atoms with E-state index in [4.69, 9.17) is 24.7 Å². The van der Waals surface area contributed by atoms with Crippen molar-refractivity contribution in [3.8, 4) is 28.7 Å². The molecule has 1 aromatic heterocycles. The average Bonchev–Trinajstić information content (AvgIpc) is 3.57. The van der Waals surface area contributed by atoms with Crippen LogP contribution in [0.1, 0.15) is 54.9 Å². The zero-order chi connectivity index (χ0) is 36.7. The molecular weight excluding hydrogens is 658 g/mol. The van der Waals surface area contributed by atoms with Crippen molar-refractivity contribution in [2.24, 2.45) is 17.8 Å². The molecule has 0 unspecified atom stereocenters. The van der Waals surface area contributed by atoms with Gasteiger partial charge in [-0.15, -0.1) is 0 Å². The quantitative estimate of drug-likeness (QED) is 0.106. The summed E-state index contributed by atoms with van der Waals surface area (Å²) in [5.41, 5.74) is 8.34. The van der Waals surface area contributed by atoms with Crippen LogP contribution in [0.25, 0.3) is 0 Å². The Labute approximate surface area is 297 Å². The molecule has 8 atom stereocenters. The Bertz CT molecular complexity index is 1670. The molecule has 0 spiro atoms. The Morgan fingerprint density at radius 1 is 1.04 bits per heavy atom. The SMILES string of the molecule is CCN[C@H](COc1cc([C@@H]2O[C@@H](CCc3ccc(O)c(OC)c3)C[C@H](O)[C@@H]2CCO)cc(OC)c1O)[C@H]1[C@@H](C(=O)O)C=C[C@@H]1c1ccnc(N)c1. The summed E-state index contributed by atoms with van der Waals surface area (Å²) in [7, 11) is 2.91. The lowest BCUT2D eigenvalue weighted by molar-refractivity contribution is -0.144. The van der Waals surface area contributed by atoms with Gasteiger partial charge in [0.05, 0.1) is 38.4 Å². The van der Waals surface area contributed by atoms with Gasteiger partial charge in [0.25, 0.3) is 0 Å². The molecule has 0 saturated carbocycles. The molecule has 0 amide bonds. The Balaban J connectivity index is 1.40. The fraction of sp³-hybridized carbons (Fsp3) is 0.474. The van der Waals surface area contributed by atoms with Crippen LogP contribution in [0.4, 0.5) is 5.82 Å². The first-order valence-electron chi connectivity index (χ1n) is 17.3. The zero-order valence-electron chi connectivity index (χ0n) is 29.1. The molecule has 13 nitrogen and oxygen atoms in total. The second kappa shape index (κ2) is 17.1. The second-order valence-corrected chi connectivity index (χ2v) is 13.1. The fourth-order valence-corrected chi connectivity index (χ4v) is 7.47. The summed E-state index contributed by atoms with van der Waals surface area (Å²) in [4.78, 5) is 16.5. The zero-order valence-corrected chi connectivity index (χ0v) is 29.1. The Hall–Kier alpha value is -4.56. The van der Waals surface area contributed by atoms with E-state index in [0.29, 0.717) is 42.9 Å². The number of aryl methyl sites for hydroxylation is 1. The van der Waals surface area contributed by atoms with Crippen molar-refractivity contribution in [2.75, 3.05) is 39.7 Å². The van der Waals surface area contributed by atoms with Gasteiger partial charge >= 0.3 is 5.97 Å². The van der Waals surface area contributed by atoms with Crippen LogP contribution in [0.15, 0.2) is 60.8 Å². The van der Waals surface area contributed by atoms with Crippen molar-refractivity contribution in [2.45, 2.75) is 62.9 Å². The van der Waals surface area contributed by atoms with Gasteiger partial charge in [-0.25, -0.2) is 4.98 Å². The molecule has 2 aliphatic rings. The van der Waals surface area contributed by atoms with Crippen molar-refractivity contribution in [1.82, 2.24) is 10.3 Å². The van der Waals surface area contributed by atoms with Gasteiger partial charge in [-0.3, -0.25) is 4.79 Å². The van der Waals surface area contributed by atoms with Gasteiger partial charge in [-0.2, -0.15) is 0 Å². The maximum Gasteiger partial charge on any atom is 0.310 e. The molecule has 8 N–H and O–H groups in total. The minimum Gasteiger partial charge on any atom is -0.504 e. The summed E-state index contributed by atoms with van der Waals surface area (Å²) < 4.78 is 23.7. The number of ether oxygens (including phenoxy) is 4. The van der Waals surface area contributed by atoms with Gasteiger partial charge in [-0.1, -0.05) is 25.1 Å². The van der Waals surface area contributed by atoms with E-state index in [0.717, 1.165) is 11.1 Å². The van der Waals surface area contributed by atoms with E-state index >= 15 is 0 Å². The van der Waals surface area contributed by atoms with Gasteiger partial charge in [-0.05, 0) is 85.3 Å². The summed E-state index contributed by atoms with van der Waals surface area (Å²) in [6, 6.07) is 11.6. The Morgan fingerprint density at radius 2 is 1.80 bits per heavy atom. The van der Waals surface area contributed by atoms with Crippen LogP contribution in [0, 0.1) is 17.8 Å². The summed E-state index contributed by atoms with van der Waals surface area (Å²) >= 11 is 0. The Morgan fingerprint density at radius 3 is 2.49 bits per heavy atom. The van der Waals surface area contributed by atoms with Crippen molar-refractivity contribution >= 4 is 11.8 Å². The van der Waals surface area contributed by atoms with E-state index in [9.17, 15) is 30.3 Å². The number of pyridine rings is 1. The number of benzene rings is 2. The first-order chi connectivity index (χ1) is 24.6. The number of allylic oxidation sites excluding steroid dienone is 1. The summed E-state index contributed by atoms with van der Waals surface area (Å²) in [6.45, 7) is 2.31. The number of nitrogen functional groups attached to an aromatic ring is 1. The number of aliphatic carboxylic acids is 1. The van der Waals surface area contributed by atoms with Gasteiger partial charge in [0.15, 0.2) is 23.0 Å². The number of anilines is 1. The largest absolute Gasteiger partial charge is 0.504 e. The minimum atomic E-state index is -0.961. The standard InChI is InChI=1S/C38H49N3O10/c1-4-40-28(35-25(8-9-27(35)38(46)47)22-11-13-41-34(39)18-22)20-50-33-17-23(16-32(49-3)36(33)45)37-26(12-14-42)30(44)19-24(51-37)7-5-21-6-10-29(43)31(15-21)48-2/h6,8-11,13,15-18,24-28,30,35,37,40,42-45H,4-5,7,12,14,19-20H2,1-3H3,(H2,39,41)(H,46,47)/t24-,25+,26-,27-,28+,30-,35+,37-/m0/s1. The number of hydrogen-bond donors (Lipinski definition) is 7. The summed E-state index contributed by atoms with van der Waals surface area (Å²) in [5.74, 6) is -2.18. The molecular formula is C38H49N3O10. The van der Waals surface area contributed by atoms with Crippen molar-refractivity contribution in [3.63, 3.8) is 0 Å². The number of phenols is 2. The molecule has 13 heteroatoms. The predicted octanol–water partition coefficient (Wildman–Crippen LogP) is 3.94. The van der Waals surface area contributed by atoms with E-state index in [1.54, 1.807) is 42.6 Å². The molecule has 1 aliphatic heterocycles. The highest BCUT2D eigenvalue weighted by Gasteiger charge is 2.43. The van der Waals surface area contributed by atoms with Crippen LogP contribution in [-0.2, 0) is 16.0 Å². The van der Waals surface area contributed by atoms with Crippen LogP contribution in [0.5, 0.6) is 28.7 Å². The van der Waals surface area contributed by atoms with E-state index in [1.807, 2.05) is 25.1 Å².